The summed E-state index contributed by atoms with van der Waals surface area (Å²) in [5.74, 6) is -0.132. The van der Waals surface area contributed by atoms with Gasteiger partial charge in [0.05, 0.1) is 11.3 Å². The third kappa shape index (κ3) is 5.47. The Bertz CT molecular complexity index is 757. The molecule has 0 fully saturated rings. The number of carbonyl (C=O) groups excluding carboxylic acids is 1. The maximum atomic E-state index is 12.1. The first-order valence-corrected chi connectivity index (χ1v) is 9.39. The number of sulfonamides is 1. The molecule has 0 bridgehead atoms. The molecule has 0 aliphatic rings. The van der Waals surface area contributed by atoms with Gasteiger partial charge in [0, 0.05) is 13.1 Å². The molecule has 2 aromatic carbocycles. The van der Waals surface area contributed by atoms with Crippen molar-refractivity contribution in [3.8, 4) is 0 Å². The van der Waals surface area contributed by atoms with E-state index in [-0.39, 0.29) is 30.3 Å². The number of aryl methyl sites for hydroxylation is 1. The van der Waals surface area contributed by atoms with Crippen molar-refractivity contribution in [1.29, 1.82) is 0 Å². The summed E-state index contributed by atoms with van der Waals surface area (Å²) in [4.78, 5) is 12.0. The van der Waals surface area contributed by atoms with Gasteiger partial charge in [0.2, 0.25) is 15.9 Å². The minimum absolute atomic E-state index is 0.132. The van der Waals surface area contributed by atoms with E-state index in [1.807, 2.05) is 37.3 Å². The zero-order valence-electron chi connectivity index (χ0n) is 13.7. The summed E-state index contributed by atoms with van der Waals surface area (Å²) in [6, 6.07) is 16.2. The molecule has 0 unspecified atom stereocenters. The van der Waals surface area contributed by atoms with E-state index in [9.17, 15) is 13.2 Å². The Balaban J connectivity index is 1.77. The number of benzene rings is 2. The Kier molecular flexibility index (Phi) is 6.52. The van der Waals surface area contributed by atoms with Crippen LogP contribution in [-0.4, -0.2) is 27.4 Å². The van der Waals surface area contributed by atoms with Gasteiger partial charge in [-0.15, -0.1) is 0 Å². The molecular weight excluding hydrogens is 324 g/mol. The van der Waals surface area contributed by atoms with Crippen LogP contribution < -0.4 is 10.0 Å². The van der Waals surface area contributed by atoms with Gasteiger partial charge in [-0.05, 0) is 29.7 Å². The summed E-state index contributed by atoms with van der Waals surface area (Å²) in [6.07, 6.45) is 1.15. The zero-order chi connectivity index (χ0) is 17.4. The fraction of sp³-hybridized carbons (Fsp3) is 0.278. The van der Waals surface area contributed by atoms with Crippen LogP contribution in [-0.2, 0) is 27.7 Å². The van der Waals surface area contributed by atoms with Gasteiger partial charge in [-0.25, -0.2) is 13.1 Å². The van der Waals surface area contributed by atoms with Gasteiger partial charge in [-0.1, -0.05) is 49.4 Å². The van der Waals surface area contributed by atoms with Crippen molar-refractivity contribution in [3.05, 3.63) is 65.7 Å². The summed E-state index contributed by atoms with van der Waals surface area (Å²) >= 11 is 0. The molecule has 2 rings (SSSR count). The predicted octanol–water partition coefficient (Wildman–Crippen LogP) is 1.89. The molecule has 0 atom stereocenters. The van der Waals surface area contributed by atoms with Crippen LogP contribution in [0.1, 0.15) is 18.1 Å². The summed E-state index contributed by atoms with van der Waals surface area (Å²) < 4.78 is 26.8. The zero-order valence-corrected chi connectivity index (χ0v) is 14.5. The van der Waals surface area contributed by atoms with Gasteiger partial charge in [0.25, 0.3) is 0 Å². The molecule has 0 aromatic heterocycles. The lowest BCUT2D eigenvalue weighted by Crippen LogP contribution is -2.35. The second kappa shape index (κ2) is 8.61. The SMILES string of the molecule is CCc1ccc(S(=O)(=O)NCCNC(=O)Cc2ccccc2)cc1. The largest absolute Gasteiger partial charge is 0.355 e. The van der Waals surface area contributed by atoms with E-state index in [1.54, 1.807) is 24.3 Å². The molecule has 0 aliphatic carbocycles. The normalized spacial score (nSPS) is 11.2. The van der Waals surface area contributed by atoms with Crippen molar-refractivity contribution in [3.63, 3.8) is 0 Å². The molecule has 5 nitrogen and oxygen atoms in total. The molecule has 1 amide bonds. The summed E-state index contributed by atoms with van der Waals surface area (Å²) in [5.41, 5.74) is 2.01. The molecule has 0 spiro atoms. The van der Waals surface area contributed by atoms with Crippen LogP contribution in [0.5, 0.6) is 0 Å². The topological polar surface area (TPSA) is 75.3 Å². The van der Waals surface area contributed by atoms with Gasteiger partial charge in [0.15, 0.2) is 0 Å². The van der Waals surface area contributed by atoms with E-state index in [2.05, 4.69) is 10.0 Å². The fourth-order valence-corrected chi connectivity index (χ4v) is 3.25. The summed E-state index contributed by atoms with van der Waals surface area (Å²) in [6.45, 7) is 2.41. The molecule has 6 heteroatoms. The van der Waals surface area contributed by atoms with Crippen LogP contribution in [0.3, 0.4) is 0 Å². The fourth-order valence-electron chi connectivity index (χ4n) is 2.22. The van der Waals surface area contributed by atoms with Crippen LogP contribution in [0.4, 0.5) is 0 Å². The monoisotopic (exact) mass is 346 g/mol. The lowest BCUT2D eigenvalue weighted by atomic mass is 10.1. The Morgan fingerprint density at radius 2 is 1.58 bits per heavy atom. The second-order valence-electron chi connectivity index (χ2n) is 5.41. The number of hydrogen-bond acceptors (Lipinski definition) is 3. The minimum Gasteiger partial charge on any atom is -0.355 e. The smallest absolute Gasteiger partial charge is 0.240 e. The van der Waals surface area contributed by atoms with E-state index >= 15 is 0 Å². The summed E-state index contributed by atoms with van der Waals surface area (Å²) in [5, 5.41) is 2.71. The molecule has 2 aromatic rings. The lowest BCUT2D eigenvalue weighted by molar-refractivity contribution is -0.120. The number of nitrogens with one attached hydrogen (secondary N) is 2. The maximum Gasteiger partial charge on any atom is 0.240 e. The van der Waals surface area contributed by atoms with Gasteiger partial charge < -0.3 is 5.32 Å². The van der Waals surface area contributed by atoms with Crippen LogP contribution in [0.15, 0.2) is 59.5 Å². The average molecular weight is 346 g/mol. The van der Waals surface area contributed by atoms with E-state index < -0.39 is 10.0 Å². The highest BCUT2D eigenvalue weighted by molar-refractivity contribution is 7.89. The van der Waals surface area contributed by atoms with Gasteiger partial charge in [0.1, 0.15) is 0 Å². The summed E-state index contributed by atoms with van der Waals surface area (Å²) in [7, 11) is -3.54. The second-order valence-corrected chi connectivity index (χ2v) is 7.17. The van der Waals surface area contributed by atoms with Crippen molar-refractivity contribution in [1.82, 2.24) is 10.0 Å². The molecule has 2 N–H and O–H groups in total. The van der Waals surface area contributed by atoms with E-state index in [1.165, 1.54) is 0 Å². The lowest BCUT2D eigenvalue weighted by Gasteiger charge is -2.09. The molecule has 0 heterocycles. The van der Waals surface area contributed by atoms with Gasteiger partial charge in [-0.3, -0.25) is 4.79 Å². The molecule has 0 radical (unpaired) electrons. The van der Waals surface area contributed by atoms with E-state index in [0.29, 0.717) is 0 Å². The van der Waals surface area contributed by atoms with Crippen LogP contribution in [0.25, 0.3) is 0 Å². The molecule has 128 valence electrons. The van der Waals surface area contributed by atoms with Crippen LogP contribution in [0.2, 0.25) is 0 Å². The molecule has 0 aliphatic heterocycles. The standard InChI is InChI=1S/C18H22N2O3S/c1-2-15-8-10-17(11-9-15)24(22,23)20-13-12-19-18(21)14-16-6-4-3-5-7-16/h3-11,20H,2,12-14H2,1H3,(H,19,21). The third-order valence-corrected chi connectivity index (χ3v) is 5.07. The van der Waals surface area contributed by atoms with Crippen molar-refractivity contribution in [2.75, 3.05) is 13.1 Å². The Morgan fingerprint density at radius 1 is 0.917 bits per heavy atom. The predicted molar refractivity (Wildman–Crippen MR) is 94.2 cm³/mol. The highest BCUT2D eigenvalue weighted by atomic mass is 32.2. The van der Waals surface area contributed by atoms with Crippen molar-refractivity contribution in [2.45, 2.75) is 24.7 Å². The third-order valence-electron chi connectivity index (χ3n) is 3.59. The molecular formula is C18H22N2O3S. The number of amides is 1. The number of carbonyl (C=O) groups is 1. The molecule has 0 saturated heterocycles. The van der Waals surface area contributed by atoms with Crippen LogP contribution in [0, 0.1) is 0 Å². The average Bonchev–Trinajstić information content (AvgIpc) is 2.60. The molecule has 24 heavy (non-hydrogen) atoms. The van der Waals surface area contributed by atoms with Crippen molar-refractivity contribution >= 4 is 15.9 Å². The van der Waals surface area contributed by atoms with Gasteiger partial charge in [-0.2, -0.15) is 0 Å². The van der Waals surface area contributed by atoms with Crippen LogP contribution >= 0.6 is 0 Å². The first-order chi connectivity index (χ1) is 11.5. The van der Waals surface area contributed by atoms with Crippen molar-refractivity contribution < 1.29 is 13.2 Å². The molecule has 0 saturated carbocycles. The highest BCUT2D eigenvalue weighted by Gasteiger charge is 2.13. The Morgan fingerprint density at radius 3 is 2.21 bits per heavy atom. The first kappa shape index (κ1) is 18.2. The van der Waals surface area contributed by atoms with E-state index in [0.717, 1.165) is 17.5 Å². The first-order valence-electron chi connectivity index (χ1n) is 7.90. The Hall–Kier alpha value is -2.18. The maximum absolute atomic E-state index is 12.1. The minimum atomic E-state index is -3.54. The highest BCUT2D eigenvalue weighted by Crippen LogP contribution is 2.10. The number of hydrogen-bond donors (Lipinski definition) is 2. The van der Waals surface area contributed by atoms with Gasteiger partial charge >= 0.3 is 0 Å². The quantitative estimate of drug-likeness (QED) is 0.717. The van der Waals surface area contributed by atoms with E-state index in [4.69, 9.17) is 0 Å². The Labute approximate surface area is 143 Å². The number of rotatable bonds is 8. The van der Waals surface area contributed by atoms with Crippen molar-refractivity contribution in [2.24, 2.45) is 0 Å².